The van der Waals surface area contributed by atoms with Crippen molar-refractivity contribution in [3.63, 3.8) is 0 Å². The van der Waals surface area contributed by atoms with Crippen molar-refractivity contribution in [2.45, 2.75) is 23.8 Å². The average Bonchev–Trinajstić information content (AvgIpc) is 3.26. The molecule has 1 aliphatic rings. The highest BCUT2D eigenvalue weighted by molar-refractivity contribution is 7.89. The molecule has 150 valence electrons. The SMILES string of the molecule is COc1ccccc1S(=O)(=O)N1CCCC1c1cccc(Nc2cnccn2)n1. The van der Waals surface area contributed by atoms with Crippen molar-refractivity contribution in [3.05, 3.63) is 66.7 Å². The zero-order valence-electron chi connectivity index (χ0n) is 15.9. The number of aromatic nitrogens is 3. The summed E-state index contributed by atoms with van der Waals surface area (Å²) in [6.45, 7) is 0.439. The monoisotopic (exact) mass is 411 g/mol. The second-order valence-electron chi connectivity index (χ2n) is 6.59. The molecule has 0 spiro atoms. The normalized spacial score (nSPS) is 17.2. The van der Waals surface area contributed by atoms with Gasteiger partial charge in [-0.15, -0.1) is 0 Å². The number of nitrogens with zero attached hydrogens (tertiary/aromatic N) is 4. The maximum Gasteiger partial charge on any atom is 0.247 e. The van der Waals surface area contributed by atoms with Gasteiger partial charge in [-0.2, -0.15) is 4.31 Å². The van der Waals surface area contributed by atoms with Crippen LogP contribution < -0.4 is 10.1 Å². The molecule has 9 heteroatoms. The fourth-order valence-electron chi connectivity index (χ4n) is 3.48. The first kappa shape index (κ1) is 19.3. The fourth-order valence-corrected chi connectivity index (χ4v) is 5.31. The Morgan fingerprint density at radius 2 is 1.97 bits per heavy atom. The van der Waals surface area contributed by atoms with E-state index in [1.165, 1.54) is 11.4 Å². The van der Waals surface area contributed by atoms with Gasteiger partial charge in [0.15, 0.2) is 0 Å². The summed E-state index contributed by atoms with van der Waals surface area (Å²) in [4.78, 5) is 13.0. The quantitative estimate of drug-likeness (QED) is 0.665. The van der Waals surface area contributed by atoms with Gasteiger partial charge in [-0.25, -0.2) is 18.4 Å². The molecule has 3 heterocycles. The Morgan fingerprint density at radius 3 is 2.76 bits per heavy atom. The van der Waals surface area contributed by atoms with Gasteiger partial charge >= 0.3 is 0 Å². The van der Waals surface area contributed by atoms with E-state index in [9.17, 15) is 8.42 Å². The topological polar surface area (TPSA) is 97.3 Å². The Hall–Kier alpha value is -3.04. The molecule has 1 atom stereocenters. The van der Waals surface area contributed by atoms with Gasteiger partial charge in [-0.3, -0.25) is 4.98 Å². The van der Waals surface area contributed by atoms with Crippen LogP contribution in [0.5, 0.6) is 5.75 Å². The maximum absolute atomic E-state index is 13.4. The first-order chi connectivity index (χ1) is 14.1. The number of hydrogen-bond acceptors (Lipinski definition) is 7. The summed E-state index contributed by atoms with van der Waals surface area (Å²) in [5.41, 5.74) is 0.690. The van der Waals surface area contributed by atoms with E-state index in [1.54, 1.807) is 42.9 Å². The molecular formula is C20H21N5O3S. The first-order valence-corrected chi connectivity index (χ1v) is 10.7. The molecule has 29 heavy (non-hydrogen) atoms. The van der Waals surface area contributed by atoms with E-state index < -0.39 is 10.0 Å². The minimum absolute atomic E-state index is 0.170. The van der Waals surface area contributed by atoms with Crippen LogP contribution in [0.1, 0.15) is 24.6 Å². The van der Waals surface area contributed by atoms with Crippen LogP contribution in [0.15, 0.2) is 66.0 Å². The van der Waals surface area contributed by atoms with Crippen molar-refractivity contribution in [2.75, 3.05) is 19.0 Å². The number of anilines is 2. The molecule has 0 bridgehead atoms. The molecule has 4 rings (SSSR count). The van der Waals surface area contributed by atoms with Crippen molar-refractivity contribution in [3.8, 4) is 5.75 Å². The highest BCUT2D eigenvalue weighted by atomic mass is 32.2. The Morgan fingerprint density at radius 1 is 1.10 bits per heavy atom. The number of ether oxygens (including phenoxy) is 1. The van der Waals surface area contributed by atoms with E-state index in [4.69, 9.17) is 4.74 Å². The van der Waals surface area contributed by atoms with Crippen molar-refractivity contribution in [1.29, 1.82) is 0 Å². The molecule has 0 aliphatic carbocycles. The van der Waals surface area contributed by atoms with Crippen LogP contribution >= 0.6 is 0 Å². The first-order valence-electron chi connectivity index (χ1n) is 9.24. The van der Waals surface area contributed by atoms with Crippen LogP contribution in [-0.2, 0) is 10.0 Å². The number of pyridine rings is 1. The van der Waals surface area contributed by atoms with Crippen LogP contribution in [0.25, 0.3) is 0 Å². The molecule has 1 aliphatic heterocycles. The summed E-state index contributed by atoms with van der Waals surface area (Å²) in [7, 11) is -2.25. The highest BCUT2D eigenvalue weighted by Gasteiger charge is 2.38. The molecule has 8 nitrogen and oxygen atoms in total. The lowest BCUT2D eigenvalue weighted by Crippen LogP contribution is -2.31. The maximum atomic E-state index is 13.4. The summed E-state index contributed by atoms with van der Waals surface area (Å²) in [5.74, 6) is 1.50. The van der Waals surface area contributed by atoms with Crippen LogP contribution in [-0.4, -0.2) is 41.3 Å². The standard InChI is InChI=1S/C20H21N5O3S/c1-28-17-8-2-3-9-18(17)29(26,27)25-13-5-7-16(25)15-6-4-10-19(23-15)24-20-14-21-11-12-22-20/h2-4,6,8-12,14,16H,5,7,13H2,1H3,(H,22,23,24). The number of hydrogen-bond donors (Lipinski definition) is 1. The summed E-state index contributed by atoms with van der Waals surface area (Å²) < 4.78 is 33.5. The third-order valence-corrected chi connectivity index (χ3v) is 6.74. The Labute approximate surface area is 169 Å². The largest absolute Gasteiger partial charge is 0.495 e. The summed E-state index contributed by atoms with van der Waals surface area (Å²) in [5, 5.41) is 3.10. The Kier molecular flexibility index (Phi) is 5.41. The van der Waals surface area contributed by atoms with Gasteiger partial charge < -0.3 is 10.1 Å². The van der Waals surface area contributed by atoms with Crippen molar-refractivity contribution >= 4 is 21.7 Å². The molecule has 0 saturated carbocycles. The minimum Gasteiger partial charge on any atom is -0.495 e. The van der Waals surface area contributed by atoms with Gasteiger partial charge in [0.2, 0.25) is 10.0 Å². The summed E-state index contributed by atoms with van der Waals surface area (Å²) in [6, 6.07) is 11.9. The van der Waals surface area contributed by atoms with Gasteiger partial charge in [-0.05, 0) is 37.1 Å². The average molecular weight is 411 g/mol. The van der Waals surface area contributed by atoms with Gasteiger partial charge in [-0.1, -0.05) is 18.2 Å². The van der Waals surface area contributed by atoms with E-state index in [1.807, 2.05) is 18.2 Å². The summed E-state index contributed by atoms with van der Waals surface area (Å²) in [6.07, 6.45) is 6.25. The predicted molar refractivity (Wildman–Crippen MR) is 108 cm³/mol. The number of benzene rings is 1. The van der Waals surface area contributed by atoms with Crippen molar-refractivity contribution < 1.29 is 13.2 Å². The molecule has 3 aromatic rings. The number of para-hydroxylation sites is 1. The van der Waals surface area contributed by atoms with E-state index in [0.717, 1.165) is 6.42 Å². The molecule has 0 amide bonds. The molecular weight excluding hydrogens is 390 g/mol. The molecule has 2 aromatic heterocycles. The number of sulfonamides is 1. The van der Waals surface area contributed by atoms with Gasteiger partial charge in [0.1, 0.15) is 22.3 Å². The highest BCUT2D eigenvalue weighted by Crippen LogP contribution is 2.38. The minimum atomic E-state index is -3.72. The lowest BCUT2D eigenvalue weighted by molar-refractivity contribution is 0.377. The second kappa shape index (κ2) is 8.14. The molecule has 1 N–H and O–H groups in total. The molecule has 1 saturated heterocycles. The summed E-state index contributed by atoms with van der Waals surface area (Å²) >= 11 is 0. The zero-order valence-corrected chi connectivity index (χ0v) is 16.7. The number of rotatable bonds is 6. The zero-order chi connectivity index (χ0) is 20.3. The van der Waals surface area contributed by atoms with Crippen LogP contribution in [0.2, 0.25) is 0 Å². The second-order valence-corrected chi connectivity index (χ2v) is 8.45. The number of nitrogens with one attached hydrogen (secondary N) is 1. The van der Waals surface area contributed by atoms with Gasteiger partial charge in [0.25, 0.3) is 0 Å². The van der Waals surface area contributed by atoms with E-state index in [2.05, 4.69) is 20.3 Å². The lowest BCUT2D eigenvalue weighted by Gasteiger charge is -2.24. The fraction of sp³-hybridized carbons (Fsp3) is 0.250. The lowest BCUT2D eigenvalue weighted by atomic mass is 10.1. The van der Waals surface area contributed by atoms with E-state index in [0.29, 0.717) is 36.0 Å². The van der Waals surface area contributed by atoms with Crippen LogP contribution in [0.3, 0.4) is 0 Å². The smallest absolute Gasteiger partial charge is 0.247 e. The van der Waals surface area contributed by atoms with Crippen LogP contribution in [0.4, 0.5) is 11.6 Å². The van der Waals surface area contributed by atoms with E-state index in [-0.39, 0.29) is 10.9 Å². The number of methoxy groups -OCH3 is 1. The van der Waals surface area contributed by atoms with Crippen molar-refractivity contribution in [2.24, 2.45) is 0 Å². The molecule has 1 aromatic carbocycles. The van der Waals surface area contributed by atoms with Gasteiger partial charge in [0.05, 0.1) is 25.0 Å². The van der Waals surface area contributed by atoms with Crippen molar-refractivity contribution in [1.82, 2.24) is 19.3 Å². The third-order valence-electron chi connectivity index (χ3n) is 4.79. The predicted octanol–water partition coefficient (Wildman–Crippen LogP) is 3.15. The van der Waals surface area contributed by atoms with Gasteiger partial charge in [0, 0.05) is 18.9 Å². The Balaban J connectivity index is 1.64. The van der Waals surface area contributed by atoms with E-state index >= 15 is 0 Å². The molecule has 1 unspecified atom stereocenters. The third kappa shape index (κ3) is 3.92. The molecule has 0 radical (unpaired) electrons. The van der Waals surface area contributed by atoms with Crippen LogP contribution in [0, 0.1) is 0 Å². The molecule has 1 fully saturated rings. The Bertz CT molecular complexity index is 1090.